The molecule has 0 aliphatic heterocycles. The molecule has 0 unspecified atom stereocenters. The molecule has 0 saturated carbocycles. The predicted octanol–water partition coefficient (Wildman–Crippen LogP) is 4.06. The number of H-pyrrole nitrogens is 1. The second kappa shape index (κ2) is 5.04. The third kappa shape index (κ3) is 2.28. The number of aromatic amines is 1. The molecule has 3 rings (SSSR count). The number of rotatable bonds is 2. The lowest BCUT2D eigenvalue weighted by Gasteiger charge is -2.01. The molecule has 0 bridgehead atoms. The molecule has 0 atom stereocenters. The van der Waals surface area contributed by atoms with Gasteiger partial charge < -0.3 is 4.98 Å². The highest BCUT2D eigenvalue weighted by Crippen LogP contribution is 2.24. The van der Waals surface area contributed by atoms with Crippen molar-refractivity contribution < 1.29 is 9.18 Å². The Kier molecular flexibility index (Phi) is 3.20. The molecule has 0 aliphatic rings. The summed E-state index contributed by atoms with van der Waals surface area (Å²) in [6.07, 6.45) is 1.57. The standard InChI is InChI=1S/C16H8ClFN2O/c17-13-6-10(2-4-14(13)18)16(21)12-8-20-15-5-9(7-19)1-3-11(12)15/h1-6,8,20H. The van der Waals surface area contributed by atoms with E-state index in [1.807, 2.05) is 6.07 Å². The zero-order valence-electron chi connectivity index (χ0n) is 10.7. The van der Waals surface area contributed by atoms with E-state index < -0.39 is 5.82 Å². The van der Waals surface area contributed by atoms with Crippen LogP contribution < -0.4 is 0 Å². The van der Waals surface area contributed by atoms with Crippen LogP contribution in [0.5, 0.6) is 0 Å². The Morgan fingerprint density at radius 3 is 2.76 bits per heavy atom. The lowest BCUT2D eigenvalue weighted by atomic mass is 10.0. The summed E-state index contributed by atoms with van der Waals surface area (Å²) in [5, 5.41) is 9.48. The van der Waals surface area contributed by atoms with E-state index in [9.17, 15) is 9.18 Å². The Balaban J connectivity index is 2.09. The van der Waals surface area contributed by atoms with Crippen molar-refractivity contribution >= 4 is 28.3 Å². The summed E-state index contributed by atoms with van der Waals surface area (Å²) in [7, 11) is 0. The number of ketones is 1. The number of nitrogens with zero attached hydrogens (tertiary/aromatic N) is 1. The highest BCUT2D eigenvalue weighted by Gasteiger charge is 2.15. The number of nitrogens with one attached hydrogen (secondary N) is 1. The second-order valence-corrected chi connectivity index (χ2v) is 4.94. The first kappa shape index (κ1) is 13.3. The maximum Gasteiger partial charge on any atom is 0.195 e. The third-order valence-corrected chi connectivity index (χ3v) is 3.53. The lowest BCUT2D eigenvalue weighted by molar-refractivity contribution is 0.104. The quantitative estimate of drug-likeness (QED) is 0.725. The van der Waals surface area contributed by atoms with Crippen LogP contribution in [0, 0.1) is 17.1 Å². The molecule has 0 radical (unpaired) electrons. The summed E-state index contributed by atoms with van der Waals surface area (Å²) in [5.41, 5.74) is 1.97. The van der Waals surface area contributed by atoms with Gasteiger partial charge in [-0.05, 0) is 30.3 Å². The Morgan fingerprint density at radius 2 is 2.05 bits per heavy atom. The lowest BCUT2D eigenvalue weighted by Crippen LogP contribution is -2.00. The first-order valence-electron chi connectivity index (χ1n) is 6.11. The van der Waals surface area contributed by atoms with Crippen molar-refractivity contribution in [3.05, 3.63) is 70.1 Å². The molecule has 1 N–H and O–H groups in total. The molecule has 0 amide bonds. The number of hydrogen-bond acceptors (Lipinski definition) is 2. The van der Waals surface area contributed by atoms with E-state index >= 15 is 0 Å². The molecular formula is C16H8ClFN2O. The fourth-order valence-electron chi connectivity index (χ4n) is 2.18. The van der Waals surface area contributed by atoms with E-state index in [-0.39, 0.29) is 10.8 Å². The van der Waals surface area contributed by atoms with Gasteiger partial charge in [-0.15, -0.1) is 0 Å². The summed E-state index contributed by atoms with van der Waals surface area (Å²) in [6.45, 7) is 0. The van der Waals surface area contributed by atoms with Gasteiger partial charge >= 0.3 is 0 Å². The normalized spacial score (nSPS) is 10.5. The van der Waals surface area contributed by atoms with Crippen LogP contribution in [0.4, 0.5) is 4.39 Å². The number of carbonyl (C=O) groups excluding carboxylic acids is 1. The fraction of sp³-hybridized carbons (Fsp3) is 0. The first-order chi connectivity index (χ1) is 10.1. The van der Waals surface area contributed by atoms with Crippen LogP contribution in [-0.4, -0.2) is 10.8 Å². The second-order valence-electron chi connectivity index (χ2n) is 4.53. The third-order valence-electron chi connectivity index (χ3n) is 3.24. The number of hydrogen-bond donors (Lipinski definition) is 1. The van der Waals surface area contributed by atoms with Gasteiger partial charge in [-0.25, -0.2) is 4.39 Å². The van der Waals surface area contributed by atoms with Crippen molar-refractivity contribution in [1.29, 1.82) is 5.26 Å². The average Bonchev–Trinajstić information content (AvgIpc) is 2.92. The van der Waals surface area contributed by atoms with E-state index in [0.717, 1.165) is 6.07 Å². The maximum atomic E-state index is 13.2. The van der Waals surface area contributed by atoms with Crippen molar-refractivity contribution in [2.45, 2.75) is 0 Å². The van der Waals surface area contributed by atoms with Gasteiger partial charge in [0, 0.05) is 28.2 Å². The fourth-order valence-corrected chi connectivity index (χ4v) is 2.36. The van der Waals surface area contributed by atoms with Gasteiger partial charge in [-0.1, -0.05) is 17.7 Å². The number of nitriles is 1. The van der Waals surface area contributed by atoms with Gasteiger partial charge in [0.25, 0.3) is 0 Å². The largest absolute Gasteiger partial charge is 0.360 e. The highest BCUT2D eigenvalue weighted by atomic mass is 35.5. The Morgan fingerprint density at radius 1 is 1.24 bits per heavy atom. The number of halogens is 2. The van der Waals surface area contributed by atoms with E-state index in [0.29, 0.717) is 27.6 Å². The first-order valence-corrected chi connectivity index (χ1v) is 6.49. The van der Waals surface area contributed by atoms with Crippen LogP contribution in [0.2, 0.25) is 5.02 Å². The molecule has 1 heterocycles. The number of benzene rings is 2. The minimum absolute atomic E-state index is 0.0903. The molecule has 5 heteroatoms. The summed E-state index contributed by atoms with van der Waals surface area (Å²) in [6, 6.07) is 10.9. The zero-order chi connectivity index (χ0) is 15.0. The molecule has 1 aromatic heterocycles. The summed E-state index contributed by atoms with van der Waals surface area (Å²) in [5.74, 6) is -0.821. The molecule has 0 saturated heterocycles. The zero-order valence-corrected chi connectivity index (χ0v) is 11.4. The number of carbonyl (C=O) groups is 1. The van der Waals surface area contributed by atoms with Gasteiger partial charge in [0.1, 0.15) is 5.82 Å². The summed E-state index contributed by atoms with van der Waals surface area (Å²) < 4.78 is 13.2. The molecule has 0 aliphatic carbocycles. The van der Waals surface area contributed by atoms with Gasteiger partial charge in [-0.3, -0.25) is 4.79 Å². The van der Waals surface area contributed by atoms with Crippen LogP contribution in [0.25, 0.3) is 10.9 Å². The molecule has 3 aromatic rings. The van der Waals surface area contributed by atoms with Crippen molar-refractivity contribution in [3.63, 3.8) is 0 Å². The van der Waals surface area contributed by atoms with Crippen molar-refractivity contribution in [1.82, 2.24) is 4.98 Å². The van der Waals surface area contributed by atoms with Crippen LogP contribution in [0.15, 0.2) is 42.6 Å². The minimum atomic E-state index is -0.564. The predicted molar refractivity (Wildman–Crippen MR) is 77.9 cm³/mol. The SMILES string of the molecule is N#Cc1ccc2c(C(=O)c3ccc(F)c(Cl)c3)c[nH]c2c1. The molecule has 0 spiro atoms. The molecule has 102 valence electrons. The smallest absolute Gasteiger partial charge is 0.195 e. The molecule has 0 fully saturated rings. The Hall–Kier alpha value is -2.64. The molecule has 2 aromatic carbocycles. The topological polar surface area (TPSA) is 56.6 Å². The molecule has 3 nitrogen and oxygen atoms in total. The molecule has 21 heavy (non-hydrogen) atoms. The van der Waals surface area contributed by atoms with E-state index in [4.69, 9.17) is 16.9 Å². The van der Waals surface area contributed by atoms with Gasteiger partial charge in [-0.2, -0.15) is 5.26 Å². The summed E-state index contributed by atoms with van der Waals surface area (Å²) >= 11 is 5.71. The molecular weight excluding hydrogens is 291 g/mol. The van der Waals surface area contributed by atoms with Crippen LogP contribution in [0.1, 0.15) is 21.5 Å². The summed E-state index contributed by atoms with van der Waals surface area (Å²) in [4.78, 5) is 15.4. The van der Waals surface area contributed by atoms with Crippen molar-refractivity contribution in [2.75, 3.05) is 0 Å². The van der Waals surface area contributed by atoms with Crippen molar-refractivity contribution in [3.8, 4) is 6.07 Å². The highest BCUT2D eigenvalue weighted by molar-refractivity contribution is 6.31. The van der Waals surface area contributed by atoms with Crippen molar-refractivity contribution in [2.24, 2.45) is 0 Å². The van der Waals surface area contributed by atoms with Gasteiger partial charge in [0.05, 0.1) is 16.7 Å². The van der Waals surface area contributed by atoms with Crippen LogP contribution in [-0.2, 0) is 0 Å². The van der Waals surface area contributed by atoms with E-state index in [1.165, 1.54) is 12.1 Å². The van der Waals surface area contributed by atoms with E-state index in [1.54, 1.807) is 24.4 Å². The number of fused-ring (bicyclic) bond motifs is 1. The van der Waals surface area contributed by atoms with Crippen LogP contribution in [0.3, 0.4) is 0 Å². The van der Waals surface area contributed by atoms with Gasteiger partial charge in [0.15, 0.2) is 5.78 Å². The monoisotopic (exact) mass is 298 g/mol. The number of aromatic nitrogens is 1. The maximum absolute atomic E-state index is 13.2. The minimum Gasteiger partial charge on any atom is -0.360 e. The van der Waals surface area contributed by atoms with Crippen LogP contribution >= 0.6 is 11.6 Å². The Labute approximate surface area is 124 Å². The Bertz CT molecular complexity index is 908. The van der Waals surface area contributed by atoms with Gasteiger partial charge in [0.2, 0.25) is 0 Å². The van der Waals surface area contributed by atoms with E-state index in [2.05, 4.69) is 4.98 Å². The average molecular weight is 299 g/mol.